The number of aliphatic hydroxyl groups is 5. The van der Waals surface area contributed by atoms with Gasteiger partial charge >= 0.3 is 17.9 Å². The fraction of sp³-hybridized carbons (Fsp3) is 0.308. The van der Waals surface area contributed by atoms with Crippen molar-refractivity contribution in [1.29, 1.82) is 0 Å². The zero-order valence-electron chi connectivity index (χ0n) is 28.3. The molecule has 0 unspecified atom stereocenters. The molecule has 0 radical (unpaired) electrons. The molecule has 9 atom stereocenters. The Labute approximate surface area is 304 Å². The van der Waals surface area contributed by atoms with E-state index in [0.29, 0.717) is 16.7 Å². The number of hydrogen-bond acceptors (Lipinski definition) is 14. The van der Waals surface area contributed by atoms with Gasteiger partial charge in [-0.05, 0) is 34.9 Å². The summed E-state index contributed by atoms with van der Waals surface area (Å²) in [5, 5.41) is 52.1. The van der Waals surface area contributed by atoms with Gasteiger partial charge in [-0.2, -0.15) is 0 Å². The van der Waals surface area contributed by atoms with Crippen LogP contribution >= 0.6 is 0 Å². The zero-order chi connectivity index (χ0) is 37.8. The van der Waals surface area contributed by atoms with E-state index in [4.69, 9.17) is 28.4 Å². The van der Waals surface area contributed by atoms with Crippen LogP contribution in [0.4, 0.5) is 0 Å². The average Bonchev–Trinajstić information content (AvgIpc) is 3.46. The first-order valence-electron chi connectivity index (χ1n) is 16.7. The molecule has 0 spiro atoms. The van der Waals surface area contributed by atoms with Gasteiger partial charge in [0.2, 0.25) is 5.79 Å². The maximum atomic E-state index is 13.3. The van der Waals surface area contributed by atoms with Gasteiger partial charge < -0.3 is 54.0 Å². The highest BCUT2D eigenvalue weighted by Gasteiger charge is 2.63. The Morgan fingerprint density at radius 3 is 1.62 bits per heavy atom. The van der Waals surface area contributed by atoms with Crippen LogP contribution in [0, 0.1) is 0 Å². The molecule has 0 amide bonds. The molecule has 5 rings (SSSR count). The van der Waals surface area contributed by atoms with E-state index in [-0.39, 0.29) is 0 Å². The fourth-order valence-corrected chi connectivity index (χ4v) is 5.62. The van der Waals surface area contributed by atoms with Crippen molar-refractivity contribution in [1.82, 2.24) is 0 Å². The van der Waals surface area contributed by atoms with Gasteiger partial charge in [-0.1, -0.05) is 91.0 Å². The highest BCUT2D eigenvalue weighted by atomic mass is 16.8. The lowest BCUT2D eigenvalue weighted by Gasteiger charge is -2.43. The number of carbonyl (C=O) groups is 3. The molecule has 2 fully saturated rings. The second-order valence-corrected chi connectivity index (χ2v) is 12.1. The summed E-state index contributed by atoms with van der Waals surface area (Å²) in [6.07, 6.45) is -6.09. The van der Waals surface area contributed by atoms with Crippen LogP contribution in [0.5, 0.6) is 0 Å². The molecule has 280 valence electrons. The minimum absolute atomic E-state index is 0.619. The summed E-state index contributed by atoms with van der Waals surface area (Å²) in [5.74, 6) is -5.26. The smallest absolute Gasteiger partial charge is 0.331 e. The van der Waals surface area contributed by atoms with E-state index < -0.39 is 92.5 Å². The van der Waals surface area contributed by atoms with Gasteiger partial charge in [-0.3, -0.25) is 0 Å². The molecule has 14 heteroatoms. The van der Waals surface area contributed by atoms with Crippen LogP contribution in [-0.2, 0) is 42.8 Å². The van der Waals surface area contributed by atoms with Crippen LogP contribution in [0.3, 0.4) is 0 Å². The summed E-state index contributed by atoms with van der Waals surface area (Å²) < 4.78 is 34.4. The van der Waals surface area contributed by atoms with Crippen LogP contribution in [0.1, 0.15) is 16.7 Å². The first-order valence-corrected chi connectivity index (χ1v) is 16.7. The number of benzene rings is 3. The lowest BCUT2D eigenvalue weighted by atomic mass is 9.99. The molecule has 0 bridgehead atoms. The van der Waals surface area contributed by atoms with Gasteiger partial charge in [-0.15, -0.1) is 0 Å². The fourth-order valence-electron chi connectivity index (χ4n) is 5.62. The predicted octanol–water partition coefficient (Wildman–Crippen LogP) is 1.40. The molecule has 3 aromatic carbocycles. The molecule has 5 N–H and O–H groups in total. The monoisotopic (exact) mass is 732 g/mol. The van der Waals surface area contributed by atoms with Crippen molar-refractivity contribution >= 4 is 36.1 Å². The molecule has 0 aliphatic carbocycles. The Hall–Kier alpha value is -5.03. The molecular formula is C39H40O14. The Morgan fingerprint density at radius 1 is 0.642 bits per heavy atom. The summed E-state index contributed by atoms with van der Waals surface area (Å²) in [5.41, 5.74) is 2.01. The zero-order valence-corrected chi connectivity index (χ0v) is 28.3. The van der Waals surface area contributed by atoms with E-state index in [9.17, 15) is 39.9 Å². The predicted molar refractivity (Wildman–Crippen MR) is 187 cm³/mol. The van der Waals surface area contributed by atoms with Gasteiger partial charge in [0.1, 0.15) is 43.7 Å². The SMILES string of the molecule is O=C(/C=C/c1ccccc1)OC[C@H]1O[C@@](CO)(O[C@H]2O[C@H](CO)[C@@H](O)[C@H](O)[C@H]2O)[C@@H](OC(=O)/C=C/c2ccccc2)[C@@H]1OC(=O)/C=C/c1ccccc1. The Balaban J connectivity index is 1.47. The number of aliphatic hydroxyl groups excluding tert-OH is 5. The summed E-state index contributed by atoms with van der Waals surface area (Å²) >= 11 is 0. The van der Waals surface area contributed by atoms with Crippen LogP contribution in [0.2, 0.25) is 0 Å². The van der Waals surface area contributed by atoms with Crippen molar-refractivity contribution in [3.63, 3.8) is 0 Å². The van der Waals surface area contributed by atoms with Crippen LogP contribution in [0.15, 0.2) is 109 Å². The third kappa shape index (κ3) is 10.3. The van der Waals surface area contributed by atoms with Crippen LogP contribution in [-0.4, -0.2) is 118 Å². The Kier molecular flexibility index (Phi) is 13.8. The van der Waals surface area contributed by atoms with E-state index in [1.165, 1.54) is 18.2 Å². The van der Waals surface area contributed by atoms with Crippen molar-refractivity contribution in [2.45, 2.75) is 54.8 Å². The first kappa shape index (κ1) is 39.2. The summed E-state index contributed by atoms with van der Waals surface area (Å²) in [6.45, 7) is -2.55. The summed E-state index contributed by atoms with van der Waals surface area (Å²) in [4.78, 5) is 39.4. The minimum atomic E-state index is -2.51. The lowest BCUT2D eigenvalue weighted by molar-refractivity contribution is -0.383. The lowest BCUT2D eigenvalue weighted by Crippen LogP contribution is -2.63. The van der Waals surface area contributed by atoms with Crippen LogP contribution < -0.4 is 0 Å². The third-order valence-corrected chi connectivity index (χ3v) is 8.35. The van der Waals surface area contributed by atoms with Gasteiger partial charge in [0, 0.05) is 18.2 Å². The maximum absolute atomic E-state index is 13.3. The standard InChI is InChI=1S/C39H40O14/c40-22-28-33(45)34(46)35(47)38(49-28)53-39(24-41)37(51-32(44)21-18-27-14-8-3-9-15-27)36(50-31(43)20-17-26-12-6-2-7-13-26)29(52-39)23-48-30(42)19-16-25-10-4-1-5-11-25/h1-21,28-29,33-38,40-41,45-47H,22-24H2/b19-16+,20-17+,21-18+/t28-,29-,33-,34+,35-,36-,37+,38-,39+/m1/s1. The quantitative estimate of drug-likeness (QED) is 0.0903. The normalized spacial score (nSPS) is 28.7. The molecule has 3 aromatic rings. The summed E-state index contributed by atoms with van der Waals surface area (Å²) in [7, 11) is 0. The molecule has 2 heterocycles. The molecule has 53 heavy (non-hydrogen) atoms. The highest BCUT2D eigenvalue weighted by Crippen LogP contribution is 2.40. The largest absolute Gasteiger partial charge is 0.460 e. The number of rotatable bonds is 14. The van der Waals surface area contributed by atoms with E-state index in [0.717, 1.165) is 18.2 Å². The highest BCUT2D eigenvalue weighted by molar-refractivity contribution is 5.88. The minimum Gasteiger partial charge on any atom is -0.460 e. The van der Waals surface area contributed by atoms with E-state index >= 15 is 0 Å². The molecule has 2 saturated heterocycles. The molecular weight excluding hydrogens is 692 g/mol. The Bertz CT molecular complexity index is 1730. The first-order chi connectivity index (χ1) is 25.6. The number of ether oxygens (including phenoxy) is 6. The van der Waals surface area contributed by atoms with Crippen molar-refractivity contribution in [3.05, 3.63) is 126 Å². The molecule has 0 saturated carbocycles. The second-order valence-electron chi connectivity index (χ2n) is 12.1. The van der Waals surface area contributed by atoms with Crippen molar-refractivity contribution in [2.75, 3.05) is 19.8 Å². The van der Waals surface area contributed by atoms with Crippen molar-refractivity contribution in [3.8, 4) is 0 Å². The Morgan fingerprint density at radius 2 is 1.13 bits per heavy atom. The molecule has 14 nitrogen and oxygen atoms in total. The molecule has 2 aliphatic rings. The van der Waals surface area contributed by atoms with Crippen molar-refractivity contribution < 1.29 is 68.3 Å². The van der Waals surface area contributed by atoms with E-state index in [1.807, 2.05) is 6.07 Å². The van der Waals surface area contributed by atoms with Gasteiger partial charge in [-0.25, -0.2) is 14.4 Å². The van der Waals surface area contributed by atoms with Gasteiger partial charge in [0.25, 0.3) is 0 Å². The summed E-state index contributed by atoms with van der Waals surface area (Å²) in [6, 6.07) is 26.4. The number of esters is 3. The van der Waals surface area contributed by atoms with Gasteiger partial charge in [0.15, 0.2) is 18.5 Å². The van der Waals surface area contributed by atoms with Crippen LogP contribution in [0.25, 0.3) is 18.2 Å². The molecule has 2 aliphatic heterocycles. The molecule has 0 aromatic heterocycles. The topological polar surface area (TPSA) is 208 Å². The third-order valence-electron chi connectivity index (χ3n) is 8.35. The number of hydrogen-bond donors (Lipinski definition) is 5. The van der Waals surface area contributed by atoms with E-state index in [1.54, 1.807) is 84.9 Å². The van der Waals surface area contributed by atoms with E-state index in [2.05, 4.69) is 0 Å². The second kappa shape index (κ2) is 18.6. The number of carbonyl (C=O) groups excluding carboxylic acids is 3. The average molecular weight is 733 g/mol. The van der Waals surface area contributed by atoms with Crippen molar-refractivity contribution in [2.24, 2.45) is 0 Å². The van der Waals surface area contributed by atoms with Gasteiger partial charge in [0.05, 0.1) is 6.61 Å². The maximum Gasteiger partial charge on any atom is 0.331 e.